The Bertz CT molecular complexity index is 950. The van der Waals surface area contributed by atoms with Crippen molar-refractivity contribution in [1.82, 2.24) is 0 Å². The summed E-state index contributed by atoms with van der Waals surface area (Å²) in [6.07, 6.45) is -2.27. The molecule has 1 fully saturated rings. The van der Waals surface area contributed by atoms with E-state index < -0.39 is 11.7 Å². The lowest BCUT2D eigenvalue weighted by molar-refractivity contribution is -0.137. The third-order valence-corrected chi connectivity index (χ3v) is 6.10. The minimum absolute atomic E-state index is 0.117. The molecule has 0 spiro atoms. The Hall–Kier alpha value is -2.52. The molecule has 2 aromatic rings. The van der Waals surface area contributed by atoms with Gasteiger partial charge >= 0.3 is 6.18 Å². The maximum Gasteiger partial charge on any atom is 0.416 e. The summed E-state index contributed by atoms with van der Waals surface area (Å²) in [5.74, 6) is 0.325. The molecule has 0 N–H and O–H groups in total. The van der Waals surface area contributed by atoms with Crippen LogP contribution in [0.1, 0.15) is 42.9 Å². The smallest absolute Gasteiger partial charge is 0.368 e. The second-order valence-electron chi connectivity index (χ2n) is 7.70. The quantitative estimate of drug-likeness (QED) is 0.557. The average molecular weight is 435 g/mol. The number of ketones is 1. The number of Topliss-reactive ketones (excluding diaryl/α,β-unsaturated/α-hetero) is 1. The minimum Gasteiger partial charge on any atom is -0.368 e. The molecule has 2 atom stereocenters. The molecule has 1 saturated heterocycles. The van der Waals surface area contributed by atoms with E-state index in [-0.39, 0.29) is 17.7 Å². The van der Waals surface area contributed by atoms with E-state index in [9.17, 15) is 18.0 Å². The SMILES string of the molecule is C[C@H]1[C@H](CC(=O)CCc2ccc(C(F)(F)F)cc2)CCN1c1ccc(C#N)c(Cl)c1. The second kappa shape index (κ2) is 9.09. The van der Waals surface area contributed by atoms with E-state index in [4.69, 9.17) is 16.9 Å². The van der Waals surface area contributed by atoms with Crippen molar-refractivity contribution in [1.29, 1.82) is 5.26 Å². The number of halogens is 4. The monoisotopic (exact) mass is 434 g/mol. The number of nitrogens with zero attached hydrogens (tertiary/aromatic N) is 2. The molecule has 1 heterocycles. The third-order valence-electron chi connectivity index (χ3n) is 5.78. The number of hydrogen-bond donors (Lipinski definition) is 0. The van der Waals surface area contributed by atoms with Crippen LogP contribution in [-0.2, 0) is 17.4 Å². The predicted octanol–water partition coefficient (Wildman–Crippen LogP) is 6.04. The van der Waals surface area contributed by atoms with Gasteiger partial charge < -0.3 is 4.90 Å². The van der Waals surface area contributed by atoms with Crippen LogP contribution in [0, 0.1) is 17.2 Å². The zero-order chi connectivity index (χ0) is 21.9. The normalized spacial score (nSPS) is 19.0. The summed E-state index contributed by atoms with van der Waals surface area (Å²) in [5, 5.41) is 9.43. The molecule has 7 heteroatoms. The molecule has 30 heavy (non-hydrogen) atoms. The van der Waals surface area contributed by atoms with Crippen LogP contribution in [0.4, 0.5) is 18.9 Å². The van der Waals surface area contributed by atoms with Gasteiger partial charge in [0.05, 0.1) is 16.1 Å². The van der Waals surface area contributed by atoms with E-state index in [1.165, 1.54) is 12.1 Å². The molecule has 0 bridgehead atoms. The zero-order valence-corrected chi connectivity index (χ0v) is 17.3. The van der Waals surface area contributed by atoms with Gasteiger partial charge in [-0.2, -0.15) is 18.4 Å². The molecule has 0 aromatic heterocycles. The Balaban J connectivity index is 1.53. The molecule has 158 valence electrons. The Kier molecular flexibility index (Phi) is 6.72. The molecule has 1 aliphatic heterocycles. The number of anilines is 1. The lowest BCUT2D eigenvalue weighted by atomic mass is 9.93. The summed E-state index contributed by atoms with van der Waals surface area (Å²) >= 11 is 6.14. The van der Waals surface area contributed by atoms with Crippen LogP contribution in [0.5, 0.6) is 0 Å². The van der Waals surface area contributed by atoms with Crippen LogP contribution in [0.3, 0.4) is 0 Å². The van der Waals surface area contributed by atoms with E-state index in [0.717, 1.165) is 36.3 Å². The summed E-state index contributed by atoms with van der Waals surface area (Å²) < 4.78 is 37.9. The van der Waals surface area contributed by atoms with Gasteiger partial charge in [-0.25, -0.2) is 0 Å². The van der Waals surface area contributed by atoms with Crippen LogP contribution < -0.4 is 4.90 Å². The maximum absolute atomic E-state index is 12.6. The first kappa shape index (κ1) is 22.2. The summed E-state index contributed by atoms with van der Waals surface area (Å²) in [5.41, 5.74) is 1.42. The first-order valence-corrected chi connectivity index (χ1v) is 10.2. The van der Waals surface area contributed by atoms with Crippen LogP contribution >= 0.6 is 11.6 Å². The van der Waals surface area contributed by atoms with E-state index in [1.54, 1.807) is 12.1 Å². The number of aryl methyl sites for hydroxylation is 1. The van der Waals surface area contributed by atoms with Crippen molar-refractivity contribution < 1.29 is 18.0 Å². The number of carbonyl (C=O) groups is 1. The summed E-state index contributed by atoms with van der Waals surface area (Å²) in [4.78, 5) is 14.7. The molecule has 0 unspecified atom stereocenters. The number of hydrogen-bond acceptors (Lipinski definition) is 3. The van der Waals surface area contributed by atoms with Crippen molar-refractivity contribution in [2.45, 2.75) is 44.8 Å². The highest BCUT2D eigenvalue weighted by Crippen LogP contribution is 2.34. The lowest BCUT2D eigenvalue weighted by Crippen LogP contribution is -2.30. The van der Waals surface area contributed by atoms with Crippen LogP contribution in [0.25, 0.3) is 0 Å². The van der Waals surface area contributed by atoms with Gasteiger partial charge in [0, 0.05) is 31.1 Å². The Morgan fingerprint density at radius 2 is 1.93 bits per heavy atom. The van der Waals surface area contributed by atoms with E-state index in [1.807, 2.05) is 12.1 Å². The topological polar surface area (TPSA) is 44.1 Å². The van der Waals surface area contributed by atoms with Crippen molar-refractivity contribution in [3.05, 3.63) is 64.2 Å². The number of benzene rings is 2. The lowest BCUT2D eigenvalue weighted by Gasteiger charge is -2.27. The highest BCUT2D eigenvalue weighted by Gasteiger charge is 2.32. The standard InChI is InChI=1S/C23H22ClF3N2O/c1-15-17(10-11-29(15)20-8-5-18(14-28)22(24)13-20)12-21(30)9-4-16-2-6-19(7-3-16)23(25,26)27/h2-3,5-8,13,15,17H,4,9-12H2,1H3/t15-,17-/m0/s1. The molecule has 3 rings (SSSR count). The fourth-order valence-corrected chi connectivity index (χ4v) is 4.17. The van der Waals surface area contributed by atoms with Crippen molar-refractivity contribution in [2.24, 2.45) is 5.92 Å². The van der Waals surface area contributed by atoms with E-state index >= 15 is 0 Å². The molecule has 0 aliphatic carbocycles. The van der Waals surface area contributed by atoms with Crippen molar-refractivity contribution >= 4 is 23.1 Å². The van der Waals surface area contributed by atoms with Gasteiger partial charge in [0.15, 0.2) is 0 Å². The van der Waals surface area contributed by atoms with Gasteiger partial charge in [-0.05, 0) is 61.6 Å². The highest BCUT2D eigenvalue weighted by molar-refractivity contribution is 6.32. The molecular formula is C23H22ClF3N2O. The molecule has 0 saturated carbocycles. The minimum atomic E-state index is -4.35. The van der Waals surface area contributed by atoms with E-state index in [0.29, 0.717) is 29.8 Å². The number of carbonyl (C=O) groups excluding carboxylic acids is 1. The van der Waals surface area contributed by atoms with Gasteiger partial charge in [-0.1, -0.05) is 23.7 Å². The van der Waals surface area contributed by atoms with Crippen LogP contribution in [-0.4, -0.2) is 18.4 Å². The Labute approximate surface area is 179 Å². The first-order chi connectivity index (χ1) is 14.2. The molecule has 3 nitrogen and oxygen atoms in total. The van der Waals surface area contributed by atoms with Gasteiger partial charge in [0.1, 0.15) is 11.9 Å². The molecule has 0 radical (unpaired) electrons. The van der Waals surface area contributed by atoms with Gasteiger partial charge in [-0.15, -0.1) is 0 Å². The molecule has 1 aliphatic rings. The van der Waals surface area contributed by atoms with Gasteiger partial charge in [0.25, 0.3) is 0 Å². The summed E-state index contributed by atoms with van der Waals surface area (Å²) in [6, 6.07) is 12.5. The molecule has 0 amide bonds. The van der Waals surface area contributed by atoms with Crippen molar-refractivity contribution in [3.8, 4) is 6.07 Å². The second-order valence-corrected chi connectivity index (χ2v) is 8.10. The summed E-state index contributed by atoms with van der Waals surface area (Å²) in [7, 11) is 0. The fraction of sp³-hybridized carbons (Fsp3) is 0.391. The third kappa shape index (κ3) is 5.14. The van der Waals surface area contributed by atoms with Crippen molar-refractivity contribution in [3.63, 3.8) is 0 Å². The number of rotatable bonds is 6. The van der Waals surface area contributed by atoms with Gasteiger partial charge in [-0.3, -0.25) is 4.79 Å². The number of nitriles is 1. The van der Waals surface area contributed by atoms with Gasteiger partial charge in [0.2, 0.25) is 0 Å². The first-order valence-electron chi connectivity index (χ1n) is 9.83. The Morgan fingerprint density at radius 3 is 2.53 bits per heavy atom. The molecular weight excluding hydrogens is 413 g/mol. The maximum atomic E-state index is 12.6. The fourth-order valence-electron chi connectivity index (χ4n) is 3.95. The highest BCUT2D eigenvalue weighted by atomic mass is 35.5. The zero-order valence-electron chi connectivity index (χ0n) is 16.5. The largest absolute Gasteiger partial charge is 0.416 e. The van der Waals surface area contributed by atoms with Crippen LogP contribution in [0.2, 0.25) is 5.02 Å². The Morgan fingerprint density at radius 1 is 1.23 bits per heavy atom. The molecule has 2 aromatic carbocycles. The summed E-state index contributed by atoms with van der Waals surface area (Å²) in [6.45, 7) is 2.88. The van der Waals surface area contributed by atoms with Crippen LogP contribution in [0.15, 0.2) is 42.5 Å². The number of alkyl halides is 3. The predicted molar refractivity (Wildman–Crippen MR) is 110 cm³/mol. The van der Waals surface area contributed by atoms with E-state index in [2.05, 4.69) is 11.8 Å². The van der Waals surface area contributed by atoms with Crippen molar-refractivity contribution in [2.75, 3.05) is 11.4 Å². The average Bonchev–Trinajstić information content (AvgIpc) is 3.06.